The second-order valence-corrected chi connectivity index (χ2v) is 10.2. The second kappa shape index (κ2) is 9.23. The van der Waals surface area contributed by atoms with Crippen LogP contribution < -0.4 is 16.1 Å². The van der Waals surface area contributed by atoms with Gasteiger partial charge in [-0.2, -0.15) is 0 Å². The van der Waals surface area contributed by atoms with Crippen molar-refractivity contribution in [3.05, 3.63) is 52.9 Å². The molecule has 16 heteroatoms. The number of hydrogen-bond donors (Lipinski definition) is 2. The maximum absolute atomic E-state index is 13.3. The van der Waals surface area contributed by atoms with Gasteiger partial charge in [0.2, 0.25) is 0 Å². The molecule has 1 unspecified atom stereocenters. The molecule has 6 rings (SSSR count). The fraction of sp³-hybridized carbons (Fsp3) is 0.318. The molecule has 3 N–H and O–H groups in total. The number of nitrogen functional groups attached to an aromatic ring is 1. The molecule has 2 fully saturated rings. The van der Waals surface area contributed by atoms with Crippen LogP contribution in [0.5, 0.6) is 5.75 Å². The number of fused-ring (bicyclic) bond motifs is 3. The van der Waals surface area contributed by atoms with Gasteiger partial charge in [0.1, 0.15) is 41.5 Å². The number of phosphoric acid groups is 1. The van der Waals surface area contributed by atoms with Crippen molar-refractivity contribution in [2.24, 2.45) is 0 Å². The third kappa shape index (κ3) is 4.34. The van der Waals surface area contributed by atoms with E-state index in [-0.39, 0.29) is 30.4 Å². The third-order valence-corrected chi connectivity index (χ3v) is 7.47. The second-order valence-electron chi connectivity index (χ2n) is 8.57. The summed E-state index contributed by atoms with van der Waals surface area (Å²) in [4.78, 5) is 35.5. The zero-order valence-electron chi connectivity index (χ0n) is 19.6. The lowest BCUT2D eigenvalue weighted by atomic mass is 10.1. The highest BCUT2D eigenvalue weighted by molar-refractivity contribution is 7.48. The molecular weight excluding hydrogens is 525 g/mol. The Labute approximate surface area is 212 Å². The number of esters is 1. The molecule has 0 amide bonds. The first-order valence-electron chi connectivity index (χ1n) is 11.3. The fourth-order valence-electron chi connectivity index (χ4n) is 4.39. The summed E-state index contributed by atoms with van der Waals surface area (Å²) in [6.45, 7) is 0.711. The molecule has 0 spiro atoms. The molecule has 38 heavy (non-hydrogen) atoms. The number of imidazole rings is 1. The Bertz CT molecular complexity index is 1670. The molecule has 2 aliphatic heterocycles. The predicted octanol–water partition coefficient (Wildman–Crippen LogP) is 1.44. The number of anilines is 1. The average Bonchev–Trinajstić information content (AvgIpc) is 3.43. The van der Waals surface area contributed by atoms with Gasteiger partial charge < -0.3 is 24.7 Å². The number of aromatic nitrogens is 4. The van der Waals surface area contributed by atoms with Gasteiger partial charge in [-0.05, 0) is 17.7 Å². The average molecular weight is 545 g/mol. The van der Waals surface area contributed by atoms with E-state index in [0.717, 1.165) is 0 Å². The summed E-state index contributed by atoms with van der Waals surface area (Å²) >= 11 is 0. The van der Waals surface area contributed by atoms with Crippen molar-refractivity contribution in [1.82, 2.24) is 19.5 Å². The molecular formula is C22H20N5O10P. The van der Waals surface area contributed by atoms with Gasteiger partial charge in [0.15, 0.2) is 17.7 Å². The normalized spacial score (nSPS) is 27.0. The van der Waals surface area contributed by atoms with Crippen LogP contribution in [0.25, 0.3) is 22.1 Å². The predicted molar refractivity (Wildman–Crippen MR) is 127 cm³/mol. The molecule has 1 aromatic carbocycles. The van der Waals surface area contributed by atoms with Crippen molar-refractivity contribution in [2.75, 3.05) is 12.3 Å². The van der Waals surface area contributed by atoms with E-state index in [1.807, 2.05) is 0 Å². The number of nitrogens with zero attached hydrogens (tertiary/aromatic N) is 4. The van der Waals surface area contributed by atoms with Crippen molar-refractivity contribution >= 4 is 41.7 Å². The molecule has 5 heterocycles. The lowest BCUT2D eigenvalue weighted by Crippen LogP contribution is -2.39. The molecule has 5 atom stereocenters. The van der Waals surface area contributed by atoms with Crippen LogP contribution in [0, 0.1) is 0 Å². The zero-order chi connectivity index (χ0) is 26.6. The van der Waals surface area contributed by atoms with Crippen molar-refractivity contribution < 1.29 is 41.9 Å². The van der Waals surface area contributed by atoms with Crippen LogP contribution in [0.1, 0.15) is 18.7 Å². The van der Waals surface area contributed by atoms with Crippen LogP contribution in [0.15, 0.2) is 46.1 Å². The third-order valence-electron chi connectivity index (χ3n) is 6.06. The van der Waals surface area contributed by atoms with E-state index >= 15 is 0 Å². The van der Waals surface area contributed by atoms with Crippen LogP contribution in [-0.2, 0) is 34.3 Å². The minimum atomic E-state index is -4.18. The van der Waals surface area contributed by atoms with Crippen LogP contribution in [0.4, 0.5) is 5.82 Å². The van der Waals surface area contributed by atoms with Gasteiger partial charge in [0, 0.05) is 24.4 Å². The zero-order valence-corrected chi connectivity index (χ0v) is 20.5. The number of hydrogen-bond acceptors (Lipinski definition) is 14. The van der Waals surface area contributed by atoms with E-state index in [1.54, 1.807) is 6.07 Å². The number of aliphatic hydroxyl groups excluding tert-OH is 1. The number of ether oxygens (including phenoxy) is 2. The number of rotatable bonds is 5. The molecule has 3 aromatic heterocycles. The van der Waals surface area contributed by atoms with E-state index < -0.39 is 44.0 Å². The summed E-state index contributed by atoms with van der Waals surface area (Å²) < 4.78 is 47.3. The van der Waals surface area contributed by atoms with Gasteiger partial charge in [0.25, 0.3) is 0 Å². The van der Waals surface area contributed by atoms with E-state index in [9.17, 15) is 19.3 Å². The number of benzene rings is 1. The van der Waals surface area contributed by atoms with E-state index in [2.05, 4.69) is 15.0 Å². The van der Waals surface area contributed by atoms with Crippen molar-refractivity contribution in [3.63, 3.8) is 0 Å². The molecule has 4 aromatic rings. The van der Waals surface area contributed by atoms with Gasteiger partial charge in [-0.3, -0.25) is 22.9 Å². The molecule has 2 saturated heterocycles. The first kappa shape index (κ1) is 24.6. The highest BCUT2D eigenvalue weighted by Gasteiger charge is 2.53. The van der Waals surface area contributed by atoms with Gasteiger partial charge in [-0.25, -0.2) is 24.3 Å². The molecule has 15 nitrogen and oxygen atoms in total. The molecule has 198 valence electrons. The Morgan fingerprint density at radius 2 is 2.13 bits per heavy atom. The smallest absolute Gasteiger partial charge is 0.427 e. The van der Waals surface area contributed by atoms with E-state index in [0.29, 0.717) is 22.1 Å². The highest BCUT2D eigenvalue weighted by Crippen LogP contribution is 2.57. The SMILES string of the molecule is CC(=O)Oc1ccc2c(COP3(=O)OC[C@H]4O[C@@H](n5cnc6c(N)ncnc65)[C@H](O)[C@@H]4O3)cc(=O)oc2c1. The number of carbonyl (C=O) groups excluding carboxylic acids is 1. The molecule has 0 bridgehead atoms. The van der Waals surface area contributed by atoms with E-state index in [4.69, 9.17) is 33.2 Å². The summed E-state index contributed by atoms with van der Waals surface area (Å²) in [6, 6.07) is 5.63. The molecule has 0 saturated carbocycles. The fourth-order valence-corrected chi connectivity index (χ4v) is 5.77. The summed E-state index contributed by atoms with van der Waals surface area (Å²) in [5, 5.41) is 11.4. The van der Waals surface area contributed by atoms with Crippen LogP contribution in [0.2, 0.25) is 0 Å². The van der Waals surface area contributed by atoms with Crippen molar-refractivity contribution in [3.8, 4) is 5.75 Å². The molecule has 2 aliphatic rings. The standard InChI is InChI=1S/C22H20N5O10P/c1-10(28)34-12-2-3-13-11(4-16(29)35-14(13)5-12)6-32-38(31)33-7-15-19(37-38)18(30)22(36-15)27-9-26-17-20(23)24-8-25-21(17)27/h2-5,8-9,15,18-19,22,30H,6-7H2,1H3,(H2,23,24,25)/t15-,18-,19-,22-,38?/m1/s1. The van der Waals surface area contributed by atoms with Crippen molar-refractivity contribution in [1.29, 1.82) is 0 Å². The first-order valence-corrected chi connectivity index (χ1v) is 12.8. The monoisotopic (exact) mass is 545 g/mol. The summed E-state index contributed by atoms with van der Waals surface area (Å²) in [5.74, 6) is -0.178. The highest BCUT2D eigenvalue weighted by atomic mass is 31.2. The number of aliphatic hydroxyl groups is 1. The molecule has 0 aliphatic carbocycles. The van der Waals surface area contributed by atoms with Gasteiger partial charge >= 0.3 is 19.4 Å². The number of phosphoric ester groups is 1. The Kier molecular flexibility index (Phi) is 5.98. The minimum Gasteiger partial charge on any atom is -0.427 e. The molecule has 0 radical (unpaired) electrons. The quantitative estimate of drug-likeness (QED) is 0.158. The maximum Gasteiger partial charge on any atom is 0.475 e. The first-order chi connectivity index (χ1) is 18.2. The van der Waals surface area contributed by atoms with Gasteiger partial charge in [-0.15, -0.1) is 0 Å². The largest absolute Gasteiger partial charge is 0.475 e. The minimum absolute atomic E-state index is 0.137. The Hall–Kier alpha value is -3.72. The van der Waals surface area contributed by atoms with Crippen LogP contribution >= 0.6 is 7.82 Å². The number of carbonyl (C=O) groups is 1. The van der Waals surface area contributed by atoms with Crippen molar-refractivity contribution in [2.45, 2.75) is 38.1 Å². The Balaban J connectivity index is 1.20. The maximum atomic E-state index is 13.3. The summed E-state index contributed by atoms with van der Waals surface area (Å²) in [6.07, 6.45) is -1.41. The summed E-state index contributed by atoms with van der Waals surface area (Å²) in [7, 11) is -4.18. The van der Waals surface area contributed by atoms with E-state index in [1.165, 1.54) is 42.3 Å². The topological polar surface area (TPSA) is 200 Å². The number of nitrogens with two attached hydrogens (primary N) is 1. The lowest BCUT2D eigenvalue weighted by Gasteiger charge is -2.30. The lowest BCUT2D eigenvalue weighted by molar-refractivity contribution is -0.131. The summed E-state index contributed by atoms with van der Waals surface area (Å²) in [5.41, 5.74) is 6.28. The Morgan fingerprint density at radius 3 is 2.95 bits per heavy atom. The van der Waals surface area contributed by atoms with Crippen LogP contribution in [-0.4, -0.2) is 55.5 Å². The Morgan fingerprint density at radius 1 is 1.29 bits per heavy atom. The van der Waals surface area contributed by atoms with Gasteiger partial charge in [0.05, 0.1) is 19.5 Å². The van der Waals surface area contributed by atoms with Gasteiger partial charge in [-0.1, -0.05) is 0 Å². The van der Waals surface area contributed by atoms with Crippen LogP contribution in [0.3, 0.4) is 0 Å².